The summed E-state index contributed by atoms with van der Waals surface area (Å²) in [5, 5.41) is 0. The average Bonchev–Trinajstić information content (AvgIpc) is 3.17. The zero-order valence-electron chi connectivity index (χ0n) is 37.4. The lowest BCUT2D eigenvalue weighted by Gasteiger charge is -2.18. The number of hydrogen-bond donors (Lipinski definition) is 0. The van der Waals surface area contributed by atoms with E-state index in [0.717, 1.165) is 63.7 Å². The van der Waals surface area contributed by atoms with Crippen LogP contribution in [-0.2, 0) is 28.6 Å². The second-order valence-corrected chi connectivity index (χ2v) is 17.2. The SMILES string of the molecule is CCCCCCCCCCCCCCCCCC(=O)O[C@H](COC(=O)CCCCCCCCCCCCCCC)COC(=O)CCCCCCCCC(C)C. The van der Waals surface area contributed by atoms with Gasteiger partial charge in [-0.25, -0.2) is 0 Å². The molecule has 0 spiro atoms. The third-order valence-electron chi connectivity index (χ3n) is 11.0. The highest BCUT2D eigenvalue weighted by atomic mass is 16.6. The van der Waals surface area contributed by atoms with Gasteiger partial charge in [-0.05, 0) is 25.2 Å². The Labute approximate surface area is 342 Å². The molecule has 0 saturated carbocycles. The van der Waals surface area contributed by atoms with Crippen molar-refractivity contribution in [1.29, 1.82) is 0 Å². The summed E-state index contributed by atoms with van der Waals surface area (Å²) in [7, 11) is 0. The molecule has 1 atom stereocenters. The Bertz CT molecular complexity index is 826. The molecule has 6 heteroatoms. The monoisotopic (exact) mass is 779 g/mol. The topological polar surface area (TPSA) is 78.9 Å². The molecule has 0 radical (unpaired) electrons. The number of carbonyl (C=O) groups excluding carboxylic acids is 3. The number of carbonyl (C=O) groups is 3. The molecule has 55 heavy (non-hydrogen) atoms. The van der Waals surface area contributed by atoms with Crippen molar-refractivity contribution in [3.05, 3.63) is 0 Å². The standard InChI is InChI=1S/C49H94O6/c1-5-7-9-11-13-15-17-19-20-22-24-26-28-34-38-42-49(52)55-46(44-54-48(51)41-37-33-30-29-31-35-39-45(3)4)43-53-47(50)40-36-32-27-25-23-21-18-16-14-12-10-8-6-2/h45-46H,5-44H2,1-4H3/t46-/m1/s1. The molecule has 0 aliphatic heterocycles. The van der Waals surface area contributed by atoms with Crippen LogP contribution in [0.25, 0.3) is 0 Å². The van der Waals surface area contributed by atoms with Gasteiger partial charge in [0.1, 0.15) is 13.2 Å². The maximum atomic E-state index is 12.7. The molecular formula is C49H94O6. The van der Waals surface area contributed by atoms with Crippen LogP contribution in [-0.4, -0.2) is 37.2 Å². The van der Waals surface area contributed by atoms with Gasteiger partial charge in [0.05, 0.1) is 0 Å². The van der Waals surface area contributed by atoms with Gasteiger partial charge in [0.25, 0.3) is 0 Å². The van der Waals surface area contributed by atoms with Gasteiger partial charge >= 0.3 is 17.9 Å². The molecule has 0 aliphatic carbocycles. The average molecular weight is 779 g/mol. The Hall–Kier alpha value is -1.59. The fraction of sp³-hybridized carbons (Fsp3) is 0.939. The first-order valence-corrected chi connectivity index (χ1v) is 24.4. The Morgan fingerprint density at radius 3 is 0.891 bits per heavy atom. The summed E-state index contributed by atoms with van der Waals surface area (Å²) in [4.78, 5) is 37.8. The molecule has 0 aliphatic rings. The van der Waals surface area contributed by atoms with Crippen LogP contribution in [0.3, 0.4) is 0 Å². The zero-order valence-corrected chi connectivity index (χ0v) is 37.4. The van der Waals surface area contributed by atoms with Gasteiger partial charge in [0.2, 0.25) is 0 Å². The van der Waals surface area contributed by atoms with Crippen molar-refractivity contribution >= 4 is 17.9 Å². The molecule has 0 fully saturated rings. The quantitative estimate of drug-likeness (QED) is 0.0348. The molecule has 0 aromatic carbocycles. The van der Waals surface area contributed by atoms with Crippen molar-refractivity contribution in [2.45, 2.75) is 278 Å². The first kappa shape index (κ1) is 53.4. The van der Waals surface area contributed by atoms with Crippen molar-refractivity contribution in [3.63, 3.8) is 0 Å². The Morgan fingerprint density at radius 1 is 0.345 bits per heavy atom. The normalized spacial score (nSPS) is 11.9. The molecule has 6 nitrogen and oxygen atoms in total. The van der Waals surface area contributed by atoms with E-state index in [1.54, 1.807) is 0 Å². The minimum absolute atomic E-state index is 0.0640. The molecule has 0 heterocycles. The summed E-state index contributed by atoms with van der Waals surface area (Å²) >= 11 is 0. The first-order valence-electron chi connectivity index (χ1n) is 24.4. The van der Waals surface area contributed by atoms with E-state index in [4.69, 9.17) is 14.2 Å². The Morgan fingerprint density at radius 2 is 0.600 bits per heavy atom. The summed E-state index contributed by atoms with van der Waals surface area (Å²) in [6, 6.07) is 0. The highest BCUT2D eigenvalue weighted by Gasteiger charge is 2.19. The van der Waals surface area contributed by atoms with E-state index in [-0.39, 0.29) is 31.1 Å². The molecule has 0 bridgehead atoms. The molecule has 326 valence electrons. The van der Waals surface area contributed by atoms with Crippen molar-refractivity contribution in [3.8, 4) is 0 Å². The molecule has 0 aromatic heterocycles. The van der Waals surface area contributed by atoms with Crippen LogP contribution >= 0.6 is 0 Å². The van der Waals surface area contributed by atoms with Gasteiger partial charge in [-0.15, -0.1) is 0 Å². The van der Waals surface area contributed by atoms with Crippen LogP contribution < -0.4 is 0 Å². The highest BCUT2D eigenvalue weighted by molar-refractivity contribution is 5.71. The third-order valence-corrected chi connectivity index (χ3v) is 11.0. The fourth-order valence-electron chi connectivity index (χ4n) is 7.33. The van der Waals surface area contributed by atoms with Gasteiger partial charge < -0.3 is 14.2 Å². The zero-order chi connectivity index (χ0) is 40.3. The number of unbranched alkanes of at least 4 members (excludes halogenated alkanes) is 31. The third kappa shape index (κ3) is 43.4. The molecule has 0 N–H and O–H groups in total. The van der Waals surface area contributed by atoms with Crippen molar-refractivity contribution in [2.75, 3.05) is 13.2 Å². The molecule has 0 saturated heterocycles. The maximum Gasteiger partial charge on any atom is 0.306 e. The summed E-state index contributed by atoms with van der Waals surface area (Å²) < 4.78 is 16.7. The Balaban J connectivity index is 4.29. The van der Waals surface area contributed by atoms with E-state index in [2.05, 4.69) is 27.7 Å². The highest BCUT2D eigenvalue weighted by Crippen LogP contribution is 2.16. The second kappa shape index (κ2) is 43.5. The smallest absolute Gasteiger partial charge is 0.306 e. The van der Waals surface area contributed by atoms with Crippen LogP contribution in [0.1, 0.15) is 272 Å². The summed E-state index contributed by atoms with van der Waals surface area (Å²) in [5.41, 5.74) is 0. The number of hydrogen-bond acceptors (Lipinski definition) is 6. The second-order valence-electron chi connectivity index (χ2n) is 17.2. The predicted octanol–water partition coefficient (Wildman–Crippen LogP) is 15.5. The largest absolute Gasteiger partial charge is 0.462 e. The van der Waals surface area contributed by atoms with Gasteiger partial charge in [-0.2, -0.15) is 0 Å². The number of esters is 3. The van der Waals surface area contributed by atoms with E-state index in [1.165, 1.54) is 167 Å². The number of rotatable bonds is 44. The van der Waals surface area contributed by atoms with E-state index in [1.807, 2.05) is 0 Å². The molecule has 0 aromatic rings. The maximum absolute atomic E-state index is 12.7. The van der Waals surface area contributed by atoms with E-state index < -0.39 is 6.10 Å². The van der Waals surface area contributed by atoms with Crippen molar-refractivity contribution in [2.24, 2.45) is 5.92 Å². The lowest BCUT2D eigenvalue weighted by Crippen LogP contribution is -2.30. The predicted molar refractivity (Wildman–Crippen MR) is 233 cm³/mol. The summed E-state index contributed by atoms with van der Waals surface area (Å²) in [6.45, 7) is 8.94. The van der Waals surface area contributed by atoms with E-state index in [0.29, 0.717) is 19.3 Å². The van der Waals surface area contributed by atoms with Crippen LogP contribution in [0.2, 0.25) is 0 Å². The molecule has 0 amide bonds. The molecule has 0 rings (SSSR count). The van der Waals surface area contributed by atoms with Crippen LogP contribution in [0.15, 0.2) is 0 Å². The molecular weight excluding hydrogens is 685 g/mol. The lowest BCUT2D eigenvalue weighted by atomic mass is 10.0. The first-order chi connectivity index (χ1) is 26.9. The minimum Gasteiger partial charge on any atom is -0.462 e. The van der Waals surface area contributed by atoms with Gasteiger partial charge in [-0.1, -0.05) is 233 Å². The van der Waals surface area contributed by atoms with E-state index >= 15 is 0 Å². The van der Waals surface area contributed by atoms with Crippen molar-refractivity contribution in [1.82, 2.24) is 0 Å². The lowest BCUT2D eigenvalue weighted by molar-refractivity contribution is -0.167. The van der Waals surface area contributed by atoms with Crippen LogP contribution in [0.5, 0.6) is 0 Å². The summed E-state index contributed by atoms with van der Waals surface area (Å²) in [5.74, 6) is -0.0899. The van der Waals surface area contributed by atoms with Gasteiger partial charge in [-0.3, -0.25) is 14.4 Å². The summed E-state index contributed by atoms with van der Waals surface area (Å²) in [6.07, 6.45) is 43.8. The Kier molecular flexibility index (Phi) is 42.3. The van der Waals surface area contributed by atoms with Crippen LogP contribution in [0.4, 0.5) is 0 Å². The van der Waals surface area contributed by atoms with Crippen molar-refractivity contribution < 1.29 is 28.6 Å². The molecule has 0 unspecified atom stereocenters. The number of ether oxygens (including phenoxy) is 3. The van der Waals surface area contributed by atoms with Gasteiger partial charge in [0.15, 0.2) is 6.10 Å². The van der Waals surface area contributed by atoms with Gasteiger partial charge in [0, 0.05) is 19.3 Å². The fourth-order valence-corrected chi connectivity index (χ4v) is 7.33. The van der Waals surface area contributed by atoms with Crippen LogP contribution in [0, 0.1) is 5.92 Å². The van der Waals surface area contributed by atoms with E-state index in [9.17, 15) is 14.4 Å². The minimum atomic E-state index is -0.760.